The first kappa shape index (κ1) is 15.1. The van der Waals surface area contributed by atoms with Crippen molar-refractivity contribution < 1.29 is 9.47 Å². The third-order valence-electron chi connectivity index (χ3n) is 5.10. The molecule has 2 atom stereocenters. The molecule has 2 fully saturated rings. The van der Waals surface area contributed by atoms with Crippen LogP contribution in [0.3, 0.4) is 0 Å². The van der Waals surface area contributed by atoms with E-state index in [1.54, 1.807) is 0 Å². The van der Waals surface area contributed by atoms with Crippen LogP contribution >= 0.6 is 0 Å². The highest BCUT2D eigenvalue weighted by Crippen LogP contribution is 2.35. The summed E-state index contributed by atoms with van der Waals surface area (Å²) in [5, 5.41) is 0. The normalized spacial score (nSPS) is 27.1. The minimum atomic E-state index is -0.137. The van der Waals surface area contributed by atoms with Crippen LogP contribution in [0.15, 0.2) is 24.3 Å². The van der Waals surface area contributed by atoms with Crippen LogP contribution < -0.4 is 0 Å². The molecule has 116 valence electrons. The molecule has 1 saturated carbocycles. The van der Waals surface area contributed by atoms with Gasteiger partial charge in [0.1, 0.15) is 0 Å². The van der Waals surface area contributed by atoms with E-state index in [0.717, 1.165) is 17.4 Å². The van der Waals surface area contributed by atoms with Crippen molar-refractivity contribution in [1.29, 1.82) is 0 Å². The van der Waals surface area contributed by atoms with Crippen molar-refractivity contribution in [3.8, 4) is 0 Å². The van der Waals surface area contributed by atoms with Crippen molar-refractivity contribution in [2.75, 3.05) is 13.2 Å². The topological polar surface area (TPSA) is 18.5 Å². The average molecular weight is 288 g/mol. The van der Waals surface area contributed by atoms with E-state index in [9.17, 15) is 0 Å². The van der Waals surface area contributed by atoms with Gasteiger partial charge in [-0.25, -0.2) is 0 Å². The fraction of sp³-hybridized carbons (Fsp3) is 0.684. The number of ether oxygens (including phenoxy) is 2. The van der Waals surface area contributed by atoms with Crippen LogP contribution in [0.5, 0.6) is 0 Å². The molecule has 0 spiro atoms. The fourth-order valence-corrected chi connectivity index (χ4v) is 3.97. The molecule has 1 aliphatic carbocycles. The first-order valence-corrected chi connectivity index (χ1v) is 8.69. The maximum absolute atomic E-state index is 5.56. The summed E-state index contributed by atoms with van der Waals surface area (Å²) < 4.78 is 11.1. The lowest BCUT2D eigenvalue weighted by Gasteiger charge is -2.31. The standard InChI is InChI=1S/C19H28O2/c1-2-5-16-6-3-4-7-18(16)14-15-8-10-17(11-9-15)19-20-12-13-21-19/h8-11,16,18-19H,2-7,12-14H2,1H3. The Balaban J connectivity index is 1.60. The van der Waals surface area contributed by atoms with Gasteiger partial charge < -0.3 is 9.47 Å². The lowest BCUT2D eigenvalue weighted by Crippen LogP contribution is -2.21. The van der Waals surface area contributed by atoms with Gasteiger partial charge in [0.2, 0.25) is 0 Å². The molecule has 1 heterocycles. The highest BCUT2D eigenvalue weighted by molar-refractivity contribution is 5.24. The molecular formula is C19H28O2. The second-order valence-electron chi connectivity index (χ2n) is 6.61. The first-order valence-electron chi connectivity index (χ1n) is 8.69. The molecule has 0 radical (unpaired) electrons. The Hall–Kier alpha value is -0.860. The van der Waals surface area contributed by atoms with Crippen molar-refractivity contribution in [3.63, 3.8) is 0 Å². The third-order valence-corrected chi connectivity index (χ3v) is 5.10. The monoisotopic (exact) mass is 288 g/mol. The lowest BCUT2D eigenvalue weighted by molar-refractivity contribution is -0.0441. The van der Waals surface area contributed by atoms with Gasteiger partial charge in [-0.2, -0.15) is 0 Å². The molecular weight excluding hydrogens is 260 g/mol. The van der Waals surface area contributed by atoms with E-state index in [0.29, 0.717) is 13.2 Å². The molecule has 0 aromatic heterocycles. The van der Waals surface area contributed by atoms with E-state index in [2.05, 4.69) is 31.2 Å². The lowest BCUT2D eigenvalue weighted by atomic mass is 9.74. The summed E-state index contributed by atoms with van der Waals surface area (Å²) in [5.41, 5.74) is 2.63. The number of hydrogen-bond donors (Lipinski definition) is 0. The highest BCUT2D eigenvalue weighted by atomic mass is 16.7. The summed E-state index contributed by atoms with van der Waals surface area (Å²) in [7, 11) is 0. The Morgan fingerprint density at radius 2 is 1.62 bits per heavy atom. The number of rotatable bonds is 5. The van der Waals surface area contributed by atoms with E-state index < -0.39 is 0 Å². The quantitative estimate of drug-likeness (QED) is 0.768. The minimum Gasteiger partial charge on any atom is -0.346 e. The fourth-order valence-electron chi connectivity index (χ4n) is 3.97. The predicted octanol–water partition coefficient (Wildman–Crippen LogP) is 4.88. The molecule has 1 aliphatic heterocycles. The van der Waals surface area contributed by atoms with Crippen molar-refractivity contribution in [1.82, 2.24) is 0 Å². The molecule has 2 unspecified atom stereocenters. The van der Waals surface area contributed by atoms with Gasteiger partial charge in [-0.3, -0.25) is 0 Å². The first-order chi connectivity index (χ1) is 10.4. The second-order valence-corrected chi connectivity index (χ2v) is 6.61. The molecule has 2 nitrogen and oxygen atoms in total. The van der Waals surface area contributed by atoms with E-state index in [1.807, 2.05) is 0 Å². The zero-order chi connectivity index (χ0) is 14.5. The second kappa shape index (κ2) is 7.42. The average Bonchev–Trinajstić information content (AvgIpc) is 3.05. The van der Waals surface area contributed by atoms with E-state index in [4.69, 9.17) is 9.47 Å². The zero-order valence-corrected chi connectivity index (χ0v) is 13.2. The van der Waals surface area contributed by atoms with Gasteiger partial charge in [-0.05, 0) is 30.2 Å². The predicted molar refractivity (Wildman–Crippen MR) is 85.1 cm³/mol. The zero-order valence-electron chi connectivity index (χ0n) is 13.2. The Labute approximate surface area is 128 Å². The summed E-state index contributed by atoms with van der Waals surface area (Å²) in [5.74, 6) is 1.84. The van der Waals surface area contributed by atoms with Crippen LogP contribution in [0.1, 0.15) is 62.9 Å². The molecule has 2 aliphatic rings. The summed E-state index contributed by atoms with van der Waals surface area (Å²) >= 11 is 0. The molecule has 1 aromatic rings. The van der Waals surface area contributed by atoms with E-state index in [1.165, 1.54) is 50.5 Å². The van der Waals surface area contributed by atoms with Crippen LogP contribution in [-0.2, 0) is 15.9 Å². The van der Waals surface area contributed by atoms with Crippen LogP contribution in [0.25, 0.3) is 0 Å². The van der Waals surface area contributed by atoms with Crippen molar-refractivity contribution in [3.05, 3.63) is 35.4 Å². The maximum atomic E-state index is 5.56. The van der Waals surface area contributed by atoms with Gasteiger partial charge in [0.15, 0.2) is 6.29 Å². The smallest absolute Gasteiger partial charge is 0.184 e. The Morgan fingerprint density at radius 1 is 0.952 bits per heavy atom. The van der Waals surface area contributed by atoms with E-state index in [-0.39, 0.29) is 6.29 Å². The third kappa shape index (κ3) is 3.87. The van der Waals surface area contributed by atoms with Crippen molar-refractivity contribution in [2.24, 2.45) is 11.8 Å². The van der Waals surface area contributed by atoms with Crippen LogP contribution in [-0.4, -0.2) is 13.2 Å². The summed E-state index contributed by atoms with van der Waals surface area (Å²) in [6, 6.07) is 8.92. The Morgan fingerprint density at radius 3 is 2.29 bits per heavy atom. The molecule has 0 bridgehead atoms. The van der Waals surface area contributed by atoms with Crippen LogP contribution in [0, 0.1) is 11.8 Å². The Bertz CT molecular complexity index is 418. The van der Waals surface area contributed by atoms with Crippen LogP contribution in [0.2, 0.25) is 0 Å². The number of benzene rings is 1. The molecule has 2 heteroatoms. The number of hydrogen-bond acceptors (Lipinski definition) is 2. The van der Waals surface area contributed by atoms with Gasteiger partial charge in [-0.15, -0.1) is 0 Å². The van der Waals surface area contributed by atoms with Crippen LogP contribution in [0.4, 0.5) is 0 Å². The van der Waals surface area contributed by atoms with Gasteiger partial charge in [0, 0.05) is 5.56 Å². The molecule has 0 amide bonds. The molecule has 1 saturated heterocycles. The molecule has 0 N–H and O–H groups in total. The highest BCUT2D eigenvalue weighted by Gasteiger charge is 2.24. The van der Waals surface area contributed by atoms with Gasteiger partial charge >= 0.3 is 0 Å². The molecule has 1 aromatic carbocycles. The van der Waals surface area contributed by atoms with Gasteiger partial charge in [-0.1, -0.05) is 63.3 Å². The van der Waals surface area contributed by atoms with Crippen molar-refractivity contribution in [2.45, 2.75) is 58.2 Å². The molecule has 21 heavy (non-hydrogen) atoms. The van der Waals surface area contributed by atoms with Crippen molar-refractivity contribution >= 4 is 0 Å². The maximum Gasteiger partial charge on any atom is 0.184 e. The molecule has 3 rings (SSSR count). The Kier molecular flexibility index (Phi) is 5.32. The minimum absolute atomic E-state index is 0.137. The summed E-state index contributed by atoms with van der Waals surface area (Å²) in [4.78, 5) is 0. The van der Waals surface area contributed by atoms with Gasteiger partial charge in [0.05, 0.1) is 13.2 Å². The largest absolute Gasteiger partial charge is 0.346 e. The van der Waals surface area contributed by atoms with Gasteiger partial charge in [0.25, 0.3) is 0 Å². The summed E-state index contributed by atoms with van der Waals surface area (Å²) in [6.45, 7) is 3.75. The SMILES string of the molecule is CCCC1CCCCC1Cc1ccc(C2OCCO2)cc1. The summed E-state index contributed by atoms with van der Waals surface area (Å²) in [6.07, 6.45) is 9.58. The van der Waals surface area contributed by atoms with E-state index >= 15 is 0 Å².